The standard InChI is InChI=1S/C18H11NS.2C2H6/c1-3-7-15-11(5-1)13-10-18-14(9-16(13)19-15)12-6-2-4-8-17(12)20-18;2*1-2/h1-10,19H;2*1-2H3. The van der Waals surface area contributed by atoms with Crippen LogP contribution in [0.3, 0.4) is 0 Å². The highest BCUT2D eigenvalue weighted by molar-refractivity contribution is 7.25. The molecule has 0 fully saturated rings. The van der Waals surface area contributed by atoms with Crippen LogP contribution in [0, 0.1) is 0 Å². The van der Waals surface area contributed by atoms with Crippen molar-refractivity contribution < 1.29 is 0 Å². The van der Waals surface area contributed by atoms with E-state index in [1.807, 2.05) is 39.0 Å². The van der Waals surface area contributed by atoms with Gasteiger partial charge in [-0.3, -0.25) is 0 Å². The monoisotopic (exact) mass is 333 g/mol. The summed E-state index contributed by atoms with van der Waals surface area (Å²) in [5.41, 5.74) is 2.44. The topological polar surface area (TPSA) is 15.8 Å². The van der Waals surface area contributed by atoms with Crippen molar-refractivity contribution in [2.75, 3.05) is 0 Å². The number of para-hydroxylation sites is 1. The lowest BCUT2D eigenvalue weighted by atomic mass is 10.1. The van der Waals surface area contributed by atoms with Crippen molar-refractivity contribution in [2.45, 2.75) is 27.7 Å². The molecule has 0 radical (unpaired) electrons. The molecule has 0 saturated carbocycles. The van der Waals surface area contributed by atoms with Gasteiger partial charge in [0.15, 0.2) is 0 Å². The number of thiophene rings is 1. The number of nitrogens with one attached hydrogen (secondary N) is 1. The quantitative estimate of drug-likeness (QED) is 0.298. The van der Waals surface area contributed by atoms with Crippen LogP contribution in [0.5, 0.6) is 0 Å². The second-order valence-corrected chi connectivity index (χ2v) is 6.25. The molecule has 0 saturated heterocycles. The molecule has 1 N–H and O–H groups in total. The van der Waals surface area contributed by atoms with Crippen LogP contribution in [-0.2, 0) is 0 Å². The molecule has 0 unspecified atom stereocenters. The molecule has 0 spiro atoms. The summed E-state index contributed by atoms with van der Waals surface area (Å²) in [6, 6.07) is 21.8. The second kappa shape index (κ2) is 7.06. The van der Waals surface area contributed by atoms with Gasteiger partial charge in [-0.2, -0.15) is 0 Å². The molecule has 122 valence electrons. The summed E-state index contributed by atoms with van der Waals surface area (Å²) in [5.74, 6) is 0. The van der Waals surface area contributed by atoms with Crippen molar-refractivity contribution >= 4 is 53.3 Å². The van der Waals surface area contributed by atoms with Crippen molar-refractivity contribution in [1.29, 1.82) is 0 Å². The zero-order valence-corrected chi connectivity index (χ0v) is 15.5. The highest BCUT2D eigenvalue weighted by Gasteiger charge is 2.09. The fourth-order valence-electron chi connectivity index (χ4n) is 3.07. The minimum absolute atomic E-state index is 1.21. The first-order valence-electron chi connectivity index (χ1n) is 8.72. The van der Waals surface area contributed by atoms with Crippen molar-refractivity contribution in [3.05, 3.63) is 60.7 Å². The number of aromatic amines is 1. The normalized spacial score (nSPS) is 10.5. The minimum Gasteiger partial charge on any atom is -0.354 e. The lowest BCUT2D eigenvalue weighted by Gasteiger charge is -1.93. The first-order valence-corrected chi connectivity index (χ1v) is 9.53. The second-order valence-electron chi connectivity index (χ2n) is 5.16. The smallest absolute Gasteiger partial charge is 0.0472 e. The molecule has 3 aromatic carbocycles. The van der Waals surface area contributed by atoms with E-state index in [2.05, 4.69) is 65.6 Å². The molecule has 2 aromatic heterocycles. The molecular weight excluding hydrogens is 310 g/mol. The molecule has 5 rings (SSSR count). The molecule has 0 aliphatic heterocycles. The van der Waals surface area contributed by atoms with E-state index in [9.17, 15) is 0 Å². The van der Waals surface area contributed by atoms with Gasteiger partial charge in [-0.1, -0.05) is 64.1 Å². The van der Waals surface area contributed by atoms with Gasteiger partial charge in [0.1, 0.15) is 0 Å². The number of hydrogen-bond acceptors (Lipinski definition) is 1. The van der Waals surface area contributed by atoms with Crippen molar-refractivity contribution in [3.8, 4) is 0 Å². The minimum atomic E-state index is 1.21. The van der Waals surface area contributed by atoms with Gasteiger partial charge in [0.2, 0.25) is 0 Å². The third-order valence-corrected chi connectivity index (χ3v) is 5.14. The van der Waals surface area contributed by atoms with E-state index in [0.29, 0.717) is 0 Å². The SMILES string of the molecule is CC.CC.c1ccc2c(c1)[nH]c1cc3c(cc12)sc1ccccc13. The first kappa shape index (κ1) is 16.5. The predicted octanol–water partition coefficient (Wildman–Crippen LogP) is 7.74. The van der Waals surface area contributed by atoms with Crippen LogP contribution in [0.4, 0.5) is 0 Å². The maximum atomic E-state index is 3.53. The summed E-state index contributed by atoms with van der Waals surface area (Å²) in [4.78, 5) is 3.53. The summed E-state index contributed by atoms with van der Waals surface area (Å²) in [5, 5.41) is 5.33. The van der Waals surface area contributed by atoms with E-state index < -0.39 is 0 Å². The van der Waals surface area contributed by atoms with Gasteiger partial charge < -0.3 is 4.98 Å². The number of hydrogen-bond donors (Lipinski definition) is 1. The number of rotatable bonds is 0. The van der Waals surface area contributed by atoms with E-state index in [0.717, 1.165) is 0 Å². The van der Waals surface area contributed by atoms with Crippen molar-refractivity contribution in [2.24, 2.45) is 0 Å². The van der Waals surface area contributed by atoms with Crippen LogP contribution in [0.2, 0.25) is 0 Å². The Labute approximate surface area is 146 Å². The molecular formula is C22H23NS. The Morgan fingerprint density at radius 2 is 1.25 bits per heavy atom. The molecule has 0 amide bonds. The largest absolute Gasteiger partial charge is 0.354 e. The molecule has 24 heavy (non-hydrogen) atoms. The van der Waals surface area contributed by atoms with Gasteiger partial charge in [0.25, 0.3) is 0 Å². The summed E-state index contributed by atoms with van der Waals surface area (Å²) in [7, 11) is 0. The molecule has 2 heterocycles. The average Bonchev–Trinajstić information content (AvgIpc) is 3.20. The maximum Gasteiger partial charge on any atom is 0.0472 e. The van der Waals surface area contributed by atoms with Gasteiger partial charge in [0.05, 0.1) is 0 Å². The lowest BCUT2D eigenvalue weighted by Crippen LogP contribution is -1.69. The number of aromatic nitrogens is 1. The summed E-state index contributed by atoms with van der Waals surface area (Å²) < 4.78 is 2.72. The van der Waals surface area contributed by atoms with E-state index in [-0.39, 0.29) is 0 Å². The molecule has 0 atom stereocenters. The summed E-state index contributed by atoms with van der Waals surface area (Å²) in [6.45, 7) is 8.00. The Balaban J connectivity index is 0.000000396. The van der Waals surface area contributed by atoms with Gasteiger partial charge in [-0.25, -0.2) is 0 Å². The maximum absolute atomic E-state index is 3.53. The third-order valence-electron chi connectivity index (χ3n) is 4.00. The van der Waals surface area contributed by atoms with Crippen LogP contribution in [0.1, 0.15) is 27.7 Å². The van der Waals surface area contributed by atoms with E-state index in [4.69, 9.17) is 0 Å². The zero-order chi connectivity index (χ0) is 17.1. The fourth-order valence-corrected chi connectivity index (χ4v) is 4.20. The van der Waals surface area contributed by atoms with E-state index in [1.54, 1.807) is 0 Å². The average molecular weight is 334 g/mol. The van der Waals surface area contributed by atoms with Gasteiger partial charge in [0, 0.05) is 42.0 Å². The van der Waals surface area contributed by atoms with Crippen LogP contribution in [-0.4, -0.2) is 4.98 Å². The number of fused-ring (bicyclic) bond motifs is 6. The lowest BCUT2D eigenvalue weighted by molar-refractivity contribution is 1.50. The first-order chi connectivity index (χ1) is 11.9. The molecule has 0 aliphatic rings. The fraction of sp³-hybridized carbons (Fsp3) is 0.182. The Hall–Kier alpha value is -2.32. The summed E-state index contributed by atoms with van der Waals surface area (Å²) >= 11 is 1.87. The van der Waals surface area contributed by atoms with Crippen LogP contribution >= 0.6 is 11.3 Å². The van der Waals surface area contributed by atoms with Crippen molar-refractivity contribution in [3.63, 3.8) is 0 Å². The third kappa shape index (κ3) is 2.57. The highest BCUT2D eigenvalue weighted by atomic mass is 32.1. The van der Waals surface area contributed by atoms with E-state index >= 15 is 0 Å². The molecule has 2 heteroatoms. The van der Waals surface area contributed by atoms with Crippen LogP contribution in [0.15, 0.2) is 60.7 Å². The molecule has 0 bridgehead atoms. The Bertz CT molecular complexity index is 1010. The van der Waals surface area contributed by atoms with Gasteiger partial charge in [-0.05, 0) is 24.3 Å². The van der Waals surface area contributed by atoms with Gasteiger partial charge >= 0.3 is 0 Å². The summed E-state index contributed by atoms with van der Waals surface area (Å²) in [6.07, 6.45) is 0. The predicted molar refractivity (Wildman–Crippen MR) is 111 cm³/mol. The Kier molecular flexibility index (Phi) is 4.86. The number of benzene rings is 3. The Morgan fingerprint density at radius 3 is 2.04 bits per heavy atom. The zero-order valence-electron chi connectivity index (χ0n) is 14.7. The molecule has 0 aliphatic carbocycles. The number of H-pyrrole nitrogens is 1. The van der Waals surface area contributed by atoms with Crippen LogP contribution in [0.25, 0.3) is 42.0 Å². The molecule has 5 aromatic rings. The van der Waals surface area contributed by atoms with Crippen LogP contribution < -0.4 is 0 Å². The van der Waals surface area contributed by atoms with E-state index in [1.165, 1.54) is 42.0 Å². The highest BCUT2D eigenvalue weighted by Crippen LogP contribution is 2.37. The Morgan fingerprint density at radius 1 is 0.583 bits per heavy atom. The van der Waals surface area contributed by atoms with Crippen molar-refractivity contribution in [1.82, 2.24) is 4.98 Å². The van der Waals surface area contributed by atoms with Gasteiger partial charge in [-0.15, -0.1) is 11.3 Å². The molecule has 1 nitrogen and oxygen atoms in total.